The predicted molar refractivity (Wildman–Crippen MR) is 61.5 cm³/mol. The Kier molecular flexibility index (Phi) is 3.40. The molecule has 0 radical (unpaired) electrons. The summed E-state index contributed by atoms with van der Waals surface area (Å²) in [5, 5.41) is 9.52. The van der Waals surface area contributed by atoms with Crippen molar-refractivity contribution in [2.75, 3.05) is 0 Å². The lowest BCUT2D eigenvalue weighted by Gasteiger charge is -2.25. The summed E-state index contributed by atoms with van der Waals surface area (Å²) in [6.07, 6.45) is 0.105. The average Bonchev–Trinajstić information content (AvgIpc) is 2.07. The summed E-state index contributed by atoms with van der Waals surface area (Å²) in [5.41, 5.74) is 1.57. The quantitative estimate of drug-likeness (QED) is 0.858. The van der Waals surface area contributed by atoms with Gasteiger partial charge in [-0.25, -0.2) is 0 Å². The molecule has 0 aliphatic rings. The van der Waals surface area contributed by atoms with E-state index in [0.717, 1.165) is 11.1 Å². The Balaban J connectivity index is 3.14. The van der Waals surface area contributed by atoms with Gasteiger partial charge in [-0.1, -0.05) is 37.6 Å². The van der Waals surface area contributed by atoms with Crippen molar-refractivity contribution in [1.29, 1.82) is 0 Å². The number of benzene rings is 1. The molecule has 82 valence electrons. The summed E-state index contributed by atoms with van der Waals surface area (Å²) in [6, 6.07) is 5.61. The Morgan fingerprint density at radius 3 is 2.60 bits per heavy atom. The van der Waals surface area contributed by atoms with Crippen LogP contribution in [0.15, 0.2) is 18.2 Å². The van der Waals surface area contributed by atoms with Crippen LogP contribution in [0.4, 0.5) is 0 Å². The number of carbonyl (C=O) groups is 1. The van der Waals surface area contributed by atoms with Gasteiger partial charge in [0.1, 0.15) is 0 Å². The van der Waals surface area contributed by atoms with E-state index >= 15 is 0 Å². The topological polar surface area (TPSA) is 37.3 Å². The van der Waals surface area contributed by atoms with E-state index in [0.29, 0.717) is 5.02 Å². The van der Waals surface area contributed by atoms with Gasteiger partial charge in [0.15, 0.2) is 0 Å². The smallest absolute Gasteiger partial charge is 0.304 e. The molecule has 0 atom stereocenters. The molecule has 3 heteroatoms. The molecular formula is C12H15ClO2. The van der Waals surface area contributed by atoms with Crippen molar-refractivity contribution in [1.82, 2.24) is 0 Å². The second-order valence-corrected chi connectivity index (χ2v) is 4.77. The molecule has 0 unspecified atom stereocenters. The molecule has 2 nitrogen and oxygen atoms in total. The predicted octanol–water partition coefficient (Wildman–Crippen LogP) is 3.40. The first-order chi connectivity index (χ1) is 6.84. The maximum Gasteiger partial charge on any atom is 0.304 e. The first-order valence-electron chi connectivity index (χ1n) is 4.82. The first-order valence-corrected chi connectivity index (χ1v) is 5.20. The van der Waals surface area contributed by atoms with Crippen molar-refractivity contribution in [3.8, 4) is 0 Å². The van der Waals surface area contributed by atoms with Crippen LogP contribution in [0.1, 0.15) is 31.4 Å². The van der Waals surface area contributed by atoms with Crippen LogP contribution in [0.5, 0.6) is 0 Å². The van der Waals surface area contributed by atoms with Crippen molar-refractivity contribution >= 4 is 17.6 Å². The summed E-state index contributed by atoms with van der Waals surface area (Å²) >= 11 is 6.01. The van der Waals surface area contributed by atoms with E-state index in [9.17, 15) is 4.79 Å². The molecule has 0 aromatic heterocycles. The SMILES string of the molecule is Cc1c(Cl)cccc1C(C)(C)CC(=O)O. The van der Waals surface area contributed by atoms with Gasteiger partial charge in [0.2, 0.25) is 0 Å². The lowest BCUT2D eigenvalue weighted by molar-refractivity contribution is -0.138. The van der Waals surface area contributed by atoms with Gasteiger partial charge < -0.3 is 5.11 Å². The fraction of sp³-hybridized carbons (Fsp3) is 0.417. The minimum absolute atomic E-state index is 0.105. The molecular weight excluding hydrogens is 212 g/mol. The summed E-state index contributed by atoms with van der Waals surface area (Å²) < 4.78 is 0. The molecule has 0 bridgehead atoms. The standard InChI is InChI=1S/C12H15ClO2/c1-8-9(5-4-6-10(8)13)12(2,3)7-11(14)15/h4-6H,7H2,1-3H3,(H,14,15). The summed E-state index contributed by atoms with van der Waals surface area (Å²) in [6.45, 7) is 5.75. The molecule has 1 aromatic rings. The molecule has 0 aliphatic carbocycles. The Bertz CT molecular complexity index is 383. The molecule has 0 fully saturated rings. The third-order valence-corrected chi connectivity index (χ3v) is 3.00. The molecule has 0 spiro atoms. The molecule has 1 N–H and O–H groups in total. The zero-order chi connectivity index (χ0) is 11.6. The highest BCUT2D eigenvalue weighted by Gasteiger charge is 2.26. The molecule has 0 amide bonds. The van der Waals surface area contributed by atoms with Crippen LogP contribution >= 0.6 is 11.6 Å². The fourth-order valence-electron chi connectivity index (χ4n) is 1.81. The Labute approximate surface area is 94.9 Å². The van der Waals surface area contributed by atoms with E-state index in [2.05, 4.69) is 0 Å². The van der Waals surface area contributed by atoms with Gasteiger partial charge in [-0.2, -0.15) is 0 Å². The van der Waals surface area contributed by atoms with Crippen molar-refractivity contribution in [3.63, 3.8) is 0 Å². The number of carboxylic acid groups (broad SMARTS) is 1. The Morgan fingerprint density at radius 1 is 1.47 bits per heavy atom. The number of hydrogen-bond donors (Lipinski definition) is 1. The third-order valence-electron chi connectivity index (χ3n) is 2.59. The number of rotatable bonds is 3. The van der Waals surface area contributed by atoms with E-state index in [1.54, 1.807) is 0 Å². The van der Waals surface area contributed by atoms with Gasteiger partial charge in [0.05, 0.1) is 6.42 Å². The van der Waals surface area contributed by atoms with Gasteiger partial charge in [0.25, 0.3) is 0 Å². The second kappa shape index (κ2) is 4.23. The second-order valence-electron chi connectivity index (χ2n) is 4.37. The zero-order valence-electron chi connectivity index (χ0n) is 9.17. The van der Waals surface area contributed by atoms with Gasteiger partial charge in [-0.05, 0) is 24.1 Å². The minimum atomic E-state index is -0.792. The van der Waals surface area contributed by atoms with E-state index in [4.69, 9.17) is 16.7 Å². The maximum atomic E-state index is 10.8. The number of carboxylic acids is 1. The van der Waals surface area contributed by atoms with E-state index in [1.165, 1.54) is 0 Å². The highest BCUT2D eigenvalue weighted by atomic mass is 35.5. The van der Waals surface area contributed by atoms with Gasteiger partial charge in [-0.3, -0.25) is 4.79 Å². The largest absolute Gasteiger partial charge is 0.481 e. The zero-order valence-corrected chi connectivity index (χ0v) is 9.93. The monoisotopic (exact) mass is 226 g/mol. The number of aliphatic carboxylic acids is 1. The van der Waals surface area contributed by atoms with Crippen molar-refractivity contribution < 1.29 is 9.90 Å². The first kappa shape index (κ1) is 12.1. The van der Waals surface area contributed by atoms with Crippen LogP contribution in [0.2, 0.25) is 5.02 Å². The third kappa shape index (κ3) is 2.72. The average molecular weight is 227 g/mol. The van der Waals surface area contributed by atoms with E-state index in [-0.39, 0.29) is 11.8 Å². The van der Waals surface area contributed by atoms with Crippen LogP contribution in [0.3, 0.4) is 0 Å². The van der Waals surface area contributed by atoms with Crippen LogP contribution in [0, 0.1) is 6.92 Å². The lowest BCUT2D eigenvalue weighted by Crippen LogP contribution is -2.22. The van der Waals surface area contributed by atoms with Crippen LogP contribution in [-0.2, 0) is 10.2 Å². The molecule has 15 heavy (non-hydrogen) atoms. The molecule has 0 heterocycles. The fourth-order valence-corrected chi connectivity index (χ4v) is 1.99. The molecule has 1 rings (SSSR count). The van der Waals surface area contributed by atoms with Crippen molar-refractivity contribution in [2.24, 2.45) is 0 Å². The lowest BCUT2D eigenvalue weighted by atomic mass is 9.79. The highest BCUT2D eigenvalue weighted by Crippen LogP contribution is 2.32. The Hall–Kier alpha value is -1.02. The Morgan fingerprint density at radius 2 is 2.07 bits per heavy atom. The van der Waals surface area contributed by atoms with Gasteiger partial charge >= 0.3 is 5.97 Å². The van der Waals surface area contributed by atoms with Crippen LogP contribution in [-0.4, -0.2) is 11.1 Å². The molecule has 0 saturated heterocycles. The van der Waals surface area contributed by atoms with Crippen molar-refractivity contribution in [2.45, 2.75) is 32.6 Å². The highest BCUT2D eigenvalue weighted by molar-refractivity contribution is 6.31. The minimum Gasteiger partial charge on any atom is -0.481 e. The van der Waals surface area contributed by atoms with Gasteiger partial charge in [-0.15, -0.1) is 0 Å². The number of halogens is 1. The molecule has 0 saturated carbocycles. The summed E-state index contributed by atoms with van der Waals surface area (Å²) in [7, 11) is 0. The van der Waals surface area contributed by atoms with Crippen molar-refractivity contribution in [3.05, 3.63) is 34.3 Å². The van der Waals surface area contributed by atoms with E-state index < -0.39 is 5.97 Å². The summed E-state index contributed by atoms with van der Waals surface area (Å²) in [5.74, 6) is -0.792. The van der Waals surface area contributed by atoms with Crippen LogP contribution in [0.25, 0.3) is 0 Å². The van der Waals surface area contributed by atoms with Crippen LogP contribution < -0.4 is 0 Å². The van der Waals surface area contributed by atoms with Gasteiger partial charge in [0, 0.05) is 10.4 Å². The number of hydrogen-bond acceptors (Lipinski definition) is 1. The molecule has 1 aromatic carbocycles. The maximum absolute atomic E-state index is 10.8. The summed E-state index contributed by atoms with van der Waals surface area (Å²) in [4.78, 5) is 10.8. The molecule has 0 aliphatic heterocycles. The normalized spacial score (nSPS) is 11.5. The van der Waals surface area contributed by atoms with E-state index in [1.807, 2.05) is 39.0 Å².